The molecule has 1 aliphatic heterocycles. The lowest BCUT2D eigenvalue weighted by atomic mass is 9.72. The van der Waals surface area contributed by atoms with Crippen molar-refractivity contribution in [3.63, 3.8) is 0 Å². The third kappa shape index (κ3) is 10.9. The summed E-state index contributed by atoms with van der Waals surface area (Å²) in [4.78, 5) is 10.8. The molecule has 2 aliphatic rings. The lowest BCUT2D eigenvalue weighted by Gasteiger charge is -2.41. The molecule has 0 amide bonds. The van der Waals surface area contributed by atoms with Crippen molar-refractivity contribution in [1.82, 2.24) is 0 Å². The second kappa shape index (κ2) is 16.0. The molecule has 228 valence electrons. The van der Waals surface area contributed by atoms with E-state index in [9.17, 15) is 9.90 Å². The van der Waals surface area contributed by atoms with Gasteiger partial charge in [0.2, 0.25) is 0 Å². The fourth-order valence-electron chi connectivity index (χ4n) is 5.96. The molecular formula is C32H60O6Si. The number of carbonyl (C=O) groups is 1. The van der Waals surface area contributed by atoms with Gasteiger partial charge in [-0.3, -0.25) is 4.79 Å². The summed E-state index contributed by atoms with van der Waals surface area (Å²) >= 11 is 0. The van der Waals surface area contributed by atoms with E-state index in [1.807, 2.05) is 0 Å². The fraction of sp³-hybridized carbons (Fsp3) is 0.906. The molecule has 6 atom stereocenters. The Hall–Kier alpha value is -0.733. The van der Waals surface area contributed by atoms with Crippen molar-refractivity contribution in [1.29, 1.82) is 0 Å². The number of hydrogen-bond acceptors (Lipinski definition) is 5. The first-order valence-corrected chi connectivity index (χ1v) is 18.7. The monoisotopic (exact) mass is 568 g/mol. The van der Waals surface area contributed by atoms with Crippen LogP contribution in [0.1, 0.15) is 125 Å². The first-order chi connectivity index (χ1) is 18.3. The molecule has 2 N–H and O–H groups in total. The molecule has 0 bridgehead atoms. The summed E-state index contributed by atoms with van der Waals surface area (Å²) in [6, 6.07) is 0. The molecule has 1 saturated heterocycles. The highest BCUT2D eigenvalue weighted by Gasteiger charge is 2.52. The molecule has 0 aromatic carbocycles. The number of aliphatic hydroxyl groups excluding tert-OH is 1. The van der Waals surface area contributed by atoms with Gasteiger partial charge < -0.3 is 24.1 Å². The Morgan fingerprint density at radius 2 is 1.90 bits per heavy atom. The number of ether oxygens (including phenoxy) is 2. The number of aliphatic hydroxyl groups is 1. The average Bonchev–Trinajstić information content (AvgIpc) is 3.08. The molecule has 3 unspecified atom stereocenters. The van der Waals surface area contributed by atoms with Gasteiger partial charge in [-0.25, -0.2) is 0 Å². The highest BCUT2D eigenvalue weighted by molar-refractivity contribution is 6.74. The number of carboxylic acid groups (broad SMARTS) is 1. The largest absolute Gasteiger partial charge is 0.481 e. The minimum absolute atomic E-state index is 0.0299. The van der Waals surface area contributed by atoms with Crippen LogP contribution in [0.5, 0.6) is 0 Å². The quantitative estimate of drug-likeness (QED) is 0.104. The fourth-order valence-corrected chi connectivity index (χ4v) is 7.38. The van der Waals surface area contributed by atoms with Crippen molar-refractivity contribution in [3.05, 3.63) is 12.2 Å². The summed E-state index contributed by atoms with van der Waals surface area (Å²) in [6.45, 7) is 16.8. The molecular weight excluding hydrogens is 508 g/mol. The third-order valence-corrected chi connectivity index (χ3v) is 14.2. The van der Waals surface area contributed by atoms with Crippen LogP contribution < -0.4 is 0 Å². The maximum atomic E-state index is 11.4. The van der Waals surface area contributed by atoms with Crippen molar-refractivity contribution < 1.29 is 28.9 Å². The van der Waals surface area contributed by atoms with Crippen molar-refractivity contribution in [2.45, 2.75) is 167 Å². The second-order valence-corrected chi connectivity index (χ2v) is 18.6. The Labute approximate surface area is 240 Å². The number of aliphatic carboxylic acids is 1. The standard InChI is InChI=1S/C32H60O6Si/c1-8-9-12-17-25(38-39(6,7)31(2,3)4)20-21-26-27(37-30-19-14-16-23-36-30)24-28(33)32(26,5)22-15-11-10-13-18-29(34)35/h11,15,25-28,30,33H,8-10,12-14,16-24H2,1-7H3,(H,34,35)/b15-11-/t25?,26-,27?,28-,30?,32+/m0/s1. The highest BCUT2D eigenvalue weighted by atomic mass is 28.4. The van der Waals surface area contributed by atoms with E-state index in [0.29, 0.717) is 12.8 Å². The Morgan fingerprint density at radius 3 is 2.51 bits per heavy atom. The molecule has 0 aromatic heterocycles. The summed E-state index contributed by atoms with van der Waals surface area (Å²) < 4.78 is 19.5. The van der Waals surface area contributed by atoms with Crippen molar-refractivity contribution in [3.8, 4) is 0 Å². The Morgan fingerprint density at radius 1 is 1.15 bits per heavy atom. The number of allylic oxidation sites excluding steroid dienone is 2. The van der Waals surface area contributed by atoms with Crippen LogP contribution in [-0.2, 0) is 18.7 Å². The highest BCUT2D eigenvalue weighted by Crippen LogP contribution is 2.51. The van der Waals surface area contributed by atoms with Crippen LogP contribution in [-0.4, -0.2) is 55.7 Å². The minimum atomic E-state index is -1.90. The van der Waals surface area contributed by atoms with Crippen LogP contribution in [0, 0.1) is 11.3 Å². The zero-order chi connectivity index (χ0) is 29.1. The van der Waals surface area contributed by atoms with Gasteiger partial charge in [-0.1, -0.05) is 66.0 Å². The summed E-state index contributed by atoms with van der Waals surface area (Å²) in [5, 5.41) is 20.5. The van der Waals surface area contributed by atoms with Gasteiger partial charge in [0.1, 0.15) is 0 Å². The SMILES string of the molecule is CCCCCC(CC[C@H]1C(OC2CCCCO2)C[C@H](O)[C@]1(C)C/C=C\CCCC(=O)O)O[Si](C)(C)C(C)(C)C. The van der Waals surface area contributed by atoms with E-state index in [1.165, 1.54) is 19.3 Å². The summed E-state index contributed by atoms with van der Waals surface area (Å²) in [5.74, 6) is -0.543. The third-order valence-electron chi connectivity index (χ3n) is 9.66. The predicted molar refractivity (Wildman–Crippen MR) is 161 cm³/mol. The number of unbranched alkanes of at least 4 members (excludes halogenated alkanes) is 3. The number of rotatable bonds is 17. The van der Waals surface area contributed by atoms with Crippen LogP contribution >= 0.6 is 0 Å². The zero-order valence-corrected chi connectivity index (χ0v) is 27.2. The summed E-state index contributed by atoms with van der Waals surface area (Å²) in [7, 11) is -1.90. The van der Waals surface area contributed by atoms with E-state index < -0.39 is 20.4 Å². The maximum absolute atomic E-state index is 11.4. The molecule has 2 rings (SSSR count). The average molecular weight is 569 g/mol. The molecule has 7 heteroatoms. The van der Waals surface area contributed by atoms with Crippen molar-refractivity contribution >= 4 is 14.3 Å². The number of carboxylic acids is 1. The summed E-state index contributed by atoms with van der Waals surface area (Å²) in [5.41, 5.74) is -0.298. The molecule has 6 nitrogen and oxygen atoms in total. The van der Waals surface area contributed by atoms with E-state index in [0.717, 1.165) is 58.0 Å². The maximum Gasteiger partial charge on any atom is 0.303 e. The topological polar surface area (TPSA) is 85.2 Å². The molecule has 0 radical (unpaired) electrons. The van der Waals surface area contributed by atoms with Crippen LogP contribution in [0.4, 0.5) is 0 Å². The Bertz CT molecular complexity index is 741. The first kappa shape index (κ1) is 34.5. The van der Waals surface area contributed by atoms with Gasteiger partial charge in [0.15, 0.2) is 14.6 Å². The van der Waals surface area contributed by atoms with Gasteiger partial charge >= 0.3 is 5.97 Å². The van der Waals surface area contributed by atoms with Crippen LogP contribution in [0.15, 0.2) is 12.2 Å². The normalized spacial score (nSPS) is 29.2. The van der Waals surface area contributed by atoms with E-state index >= 15 is 0 Å². The van der Waals surface area contributed by atoms with Gasteiger partial charge in [-0.2, -0.15) is 0 Å². The van der Waals surface area contributed by atoms with Crippen molar-refractivity contribution in [2.75, 3.05) is 6.61 Å². The van der Waals surface area contributed by atoms with Gasteiger partial charge in [-0.15, -0.1) is 0 Å². The summed E-state index contributed by atoms with van der Waals surface area (Å²) in [6.07, 6.45) is 16.6. The van der Waals surface area contributed by atoms with Crippen LogP contribution in [0.2, 0.25) is 18.1 Å². The lowest BCUT2D eigenvalue weighted by Crippen LogP contribution is -2.44. The predicted octanol–water partition coefficient (Wildman–Crippen LogP) is 8.24. The van der Waals surface area contributed by atoms with Crippen LogP contribution in [0.25, 0.3) is 0 Å². The molecule has 39 heavy (non-hydrogen) atoms. The molecule has 0 spiro atoms. The molecule has 1 aliphatic carbocycles. The van der Waals surface area contributed by atoms with Crippen LogP contribution in [0.3, 0.4) is 0 Å². The molecule has 2 fully saturated rings. The van der Waals surface area contributed by atoms with Gasteiger partial charge in [0.05, 0.1) is 12.2 Å². The second-order valence-electron chi connectivity index (χ2n) is 13.9. The lowest BCUT2D eigenvalue weighted by molar-refractivity contribution is -0.198. The zero-order valence-electron chi connectivity index (χ0n) is 26.2. The molecule has 0 aromatic rings. The molecule has 1 saturated carbocycles. The van der Waals surface area contributed by atoms with Gasteiger partial charge in [0, 0.05) is 31.0 Å². The molecule has 1 heterocycles. The Balaban J connectivity index is 2.17. The van der Waals surface area contributed by atoms with E-state index in [-0.39, 0.29) is 41.3 Å². The van der Waals surface area contributed by atoms with E-state index in [1.54, 1.807) is 0 Å². The minimum Gasteiger partial charge on any atom is -0.481 e. The first-order valence-electron chi connectivity index (χ1n) is 15.8. The Kier molecular flexibility index (Phi) is 14.2. The number of hydrogen-bond donors (Lipinski definition) is 2. The van der Waals surface area contributed by atoms with Crippen molar-refractivity contribution in [2.24, 2.45) is 11.3 Å². The smallest absolute Gasteiger partial charge is 0.303 e. The van der Waals surface area contributed by atoms with E-state index in [2.05, 4.69) is 59.9 Å². The van der Waals surface area contributed by atoms with Gasteiger partial charge in [-0.05, 0) is 81.8 Å². The van der Waals surface area contributed by atoms with Gasteiger partial charge in [0.25, 0.3) is 0 Å². The van der Waals surface area contributed by atoms with E-state index in [4.69, 9.17) is 19.0 Å².